The number of esters is 1. The second kappa shape index (κ2) is 11.8. The molecule has 35 heavy (non-hydrogen) atoms. The molecule has 3 heterocycles. The zero-order chi connectivity index (χ0) is 25.9. The third-order valence-electron chi connectivity index (χ3n) is 7.46. The molecule has 0 unspecified atom stereocenters. The van der Waals surface area contributed by atoms with E-state index < -0.39 is 35.6 Å². The van der Waals surface area contributed by atoms with Crippen LogP contribution in [0.4, 0.5) is 0 Å². The number of fused-ring (bicyclic) bond motifs is 1. The van der Waals surface area contributed by atoms with Crippen LogP contribution in [0.3, 0.4) is 0 Å². The van der Waals surface area contributed by atoms with Gasteiger partial charge in [-0.25, -0.2) is 4.98 Å². The fraction of sp³-hybridized carbons (Fsp3) is 0.731. The van der Waals surface area contributed by atoms with E-state index in [1.54, 1.807) is 20.8 Å². The third kappa shape index (κ3) is 7.13. The number of Topliss-reactive ketones (excluding diaryl/α,β-unsaturated/α-hetero) is 1. The Kier molecular flexibility index (Phi) is 9.54. The van der Waals surface area contributed by atoms with Crippen LogP contribution < -0.4 is 0 Å². The summed E-state index contributed by atoms with van der Waals surface area (Å²) in [4.78, 5) is 30.5. The highest BCUT2D eigenvalue weighted by Crippen LogP contribution is 2.36. The Labute approximate surface area is 216 Å². The van der Waals surface area contributed by atoms with E-state index in [-0.39, 0.29) is 30.3 Å². The average molecular weight is 528 g/mol. The number of rotatable bonds is 3. The highest BCUT2D eigenvalue weighted by atomic mass is 35.5. The number of thiazole rings is 1. The maximum absolute atomic E-state index is 13.2. The van der Waals surface area contributed by atoms with Gasteiger partial charge in [0.05, 0.1) is 47.8 Å². The molecular weight excluding hydrogens is 490 g/mol. The first kappa shape index (κ1) is 28.3. The Balaban J connectivity index is 1.81. The van der Waals surface area contributed by atoms with Crippen LogP contribution >= 0.6 is 22.9 Å². The molecule has 7 nitrogen and oxygen atoms in total. The van der Waals surface area contributed by atoms with Crippen molar-refractivity contribution in [1.29, 1.82) is 0 Å². The van der Waals surface area contributed by atoms with Crippen molar-refractivity contribution >= 4 is 40.8 Å². The minimum absolute atomic E-state index is 0.0139. The van der Waals surface area contributed by atoms with Gasteiger partial charge >= 0.3 is 5.97 Å². The van der Waals surface area contributed by atoms with Crippen LogP contribution in [-0.4, -0.2) is 57.5 Å². The normalized spacial score (nSPS) is 35.3. The first-order chi connectivity index (χ1) is 16.4. The minimum atomic E-state index is -1.24. The van der Waals surface area contributed by atoms with E-state index in [4.69, 9.17) is 21.1 Å². The minimum Gasteiger partial charge on any atom is -0.458 e. The van der Waals surface area contributed by atoms with Crippen LogP contribution in [0.5, 0.6) is 0 Å². The predicted octanol–water partition coefficient (Wildman–Crippen LogP) is 4.52. The van der Waals surface area contributed by atoms with Crippen molar-refractivity contribution in [2.75, 3.05) is 0 Å². The summed E-state index contributed by atoms with van der Waals surface area (Å²) < 4.78 is 11.7. The molecule has 0 radical (unpaired) electrons. The molecule has 2 aliphatic heterocycles. The number of carbonyl (C=O) groups excluding carboxylic acids is 2. The number of epoxide rings is 1. The number of nitrogens with zero attached hydrogens (tertiary/aromatic N) is 1. The zero-order valence-corrected chi connectivity index (χ0v) is 22.8. The topological polar surface area (TPSA) is 109 Å². The maximum atomic E-state index is 13.2. The molecular formula is C26H38ClNO6S. The molecule has 9 heteroatoms. The maximum Gasteiger partial charge on any atom is 0.309 e. The van der Waals surface area contributed by atoms with Crippen LogP contribution in [0.2, 0.25) is 0 Å². The lowest BCUT2D eigenvalue weighted by Gasteiger charge is -2.34. The Morgan fingerprint density at radius 3 is 2.63 bits per heavy atom. The molecule has 1 aromatic rings. The van der Waals surface area contributed by atoms with E-state index in [2.05, 4.69) is 4.98 Å². The van der Waals surface area contributed by atoms with E-state index in [9.17, 15) is 19.8 Å². The fourth-order valence-electron chi connectivity index (χ4n) is 4.79. The summed E-state index contributed by atoms with van der Waals surface area (Å²) in [6, 6.07) is 0. The number of carbonyl (C=O) groups is 2. The number of cyclic esters (lactones) is 1. The largest absolute Gasteiger partial charge is 0.458 e. The van der Waals surface area contributed by atoms with Crippen LogP contribution in [0.15, 0.2) is 11.0 Å². The van der Waals surface area contributed by atoms with Gasteiger partial charge in [0.25, 0.3) is 0 Å². The van der Waals surface area contributed by atoms with E-state index >= 15 is 0 Å². The van der Waals surface area contributed by atoms with Gasteiger partial charge in [-0.3, -0.25) is 9.59 Å². The van der Waals surface area contributed by atoms with E-state index in [1.807, 2.05) is 25.3 Å². The van der Waals surface area contributed by atoms with Gasteiger partial charge in [-0.1, -0.05) is 34.1 Å². The molecule has 196 valence electrons. The number of hydrogen-bond acceptors (Lipinski definition) is 8. The van der Waals surface area contributed by atoms with E-state index in [1.165, 1.54) is 11.3 Å². The highest BCUT2D eigenvalue weighted by molar-refractivity contribution is 7.09. The van der Waals surface area contributed by atoms with E-state index in [0.717, 1.165) is 35.5 Å². The zero-order valence-electron chi connectivity index (χ0n) is 21.2. The fourth-order valence-corrected chi connectivity index (χ4v) is 5.64. The average Bonchev–Trinajstić information content (AvgIpc) is 3.38. The standard InChI is InChI=1S/C26H38ClNO6S/c1-14-7-6-8-18-20(33-18)10-19(15(2)9-17-13-35-22(12-27)28-17)34-23(30)11-21(29)26(4,5)25(32)16(3)24(14)31/h9,13-14,16,18-21,24,29,31H,6-8,10-12H2,1-5H3/b15-9+/t14-,16+,18+,19-,20-,21-,24-/m0/s1. The van der Waals surface area contributed by atoms with Gasteiger partial charge in [-0.15, -0.1) is 22.9 Å². The lowest BCUT2D eigenvalue weighted by atomic mass is 9.73. The molecule has 2 aliphatic rings. The summed E-state index contributed by atoms with van der Waals surface area (Å²) in [7, 11) is 0. The third-order valence-corrected chi connectivity index (χ3v) is 8.74. The van der Waals surface area contributed by atoms with Crippen molar-refractivity contribution in [2.24, 2.45) is 17.3 Å². The second-order valence-corrected chi connectivity index (χ2v) is 11.8. The quantitative estimate of drug-likeness (QED) is 0.338. The SMILES string of the molecule is C/C(=C\c1csc(CCl)n1)[C@@H]1C[C@@H]2O[C@@H]2CCC[C@H](C)[C@H](O)[C@@H](C)C(=O)C(C)(C)[C@@H](O)CC(=O)O1. The smallest absolute Gasteiger partial charge is 0.309 e. The van der Waals surface area contributed by atoms with Crippen LogP contribution in [-0.2, 0) is 24.9 Å². The summed E-state index contributed by atoms with van der Waals surface area (Å²) in [6.45, 7) is 8.76. The van der Waals surface area contributed by atoms with Crippen molar-refractivity contribution < 1.29 is 29.3 Å². The number of hydrogen-bond donors (Lipinski definition) is 2. The number of aromatic nitrogens is 1. The second-order valence-electron chi connectivity index (χ2n) is 10.6. The first-order valence-electron chi connectivity index (χ1n) is 12.4. The Morgan fingerprint density at radius 1 is 1.26 bits per heavy atom. The monoisotopic (exact) mass is 527 g/mol. The Morgan fingerprint density at radius 2 is 1.97 bits per heavy atom. The Hall–Kier alpha value is -1.32. The number of ether oxygens (including phenoxy) is 2. The summed E-state index contributed by atoms with van der Waals surface area (Å²) in [5.41, 5.74) is 0.378. The van der Waals surface area contributed by atoms with Crippen molar-refractivity contribution in [3.8, 4) is 0 Å². The van der Waals surface area contributed by atoms with Crippen molar-refractivity contribution in [3.63, 3.8) is 0 Å². The number of alkyl halides is 1. The van der Waals surface area contributed by atoms with Gasteiger partial charge in [-0.2, -0.15) is 0 Å². The number of ketones is 1. The Bertz CT molecular complexity index is 931. The molecule has 0 saturated carbocycles. The van der Waals surface area contributed by atoms with Gasteiger partial charge < -0.3 is 19.7 Å². The van der Waals surface area contributed by atoms with Crippen LogP contribution in [0, 0.1) is 17.3 Å². The van der Waals surface area contributed by atoms with Gasteiger partial charge in [0, 0.05) is 17.7 Å². The molecule has 2 saturated heterocycles. The lowest BCUT2D eigenvalue weighted by molar-refractivity contribution is -0.154. The van der Waals surface area contributed by atoms with Crippen LogP contribution in [0.1, 0.15) is 77.4 Å². The van der Waals surface area contributed by atoms with Gasteiger partial charge in [0.2, 0.25) is 0 Å². The molecule has 7 atom stereocenters. The molecule has 0 amide bonds. The summed E-state index contributed by atoms with van der Waals surface area (Å²) >= 11 is 7.34. The van der Waals surface area contributed by atoms with Crippen molar-refractivity contribution in [2.45, 2.75) is 103 Å². The summed E-state index contributed by atoms with van der Waals surface area (Å²) in [5.74, 6) is -1.22. The summed E-state index contributed by atoms with van der Waals surface area (Å²) in [6.07, 6.45) is 2.07. The lowest BCUT2D eigenvalue weighted by Crippen LogP contribution is -2.45. The van der Waals surface area contributed by atoms with Gasteiger partial charge in [-0.05, 0) is 37.3 Å². The van der Waals surface area contributed by atoms with Gasteiger partial charge in [0.15, 0.2) is 0 Å². The number of aliphatic hydroxyl groups is 2. The van der Waals surface area contributed by atoms with Gasteiger partial charge in [0.1, 0.15) is 16.9 Å². The number of aliphatic hydroxyl groups excluding tert-OH is 2. The van der Waals surface area contributed by atoms with Crippen molar-refractivity contribution in [1.82, 2.24) is 4.98 Å². The van der Waals surface area contributed by atoms with Crippen LogP contribution in [0.25, 0.3) is 6.08 Å². The first-order valence-corrected chi connectivity index (χ1v) is 13.8. The molecule has 3 rings (SSSR count). The van der Waals surface area contributed by atoms with Crippen molar-refractivity contribution in [3.05, 3.63) is 21.7 Å². The number of halogens is 1. The molecule has 2 fully saturated rings. The molecule has 0 aliphatic carbocycles. The predicted molar refractivity (Wildman–Crippen MR) is 136 cm³/mol. The summed E-state index contributed by atoms with van der Waals surface area (Å²) in [5, 5.41) is 24.3. The molecule has 2 N–H and O–H groups in total. The molecule has 0 bridgehead atoms. The molecule has 1 aromatic heterocycles. The molecule has 0 aromatic carbocycles. The molecule has 0 spiro atoms. The highest BCUT2D eigenvalue weighted by Gasteiger charge is 2.44. The van der Waals surface area contributed by atoms with E-state index in [0.29, 0.717) is 12.3 Å².